The van der Waals surface area contributed by atoms with Crippen LogP contribution in [0.4, 0.5) is 0 Å². The van der Waals surface area contributed by atoms with Gasteiger partial charge in [-0.2, -0.15) is 0 Å². The first-order valence-corrected chi connectivity index (χ1v) is 6.38. The lowest BCUT2D eigenvalue weighted by Crippen LogP contribution is -2.53. The summed E-state index contributed by atoms with van der Waals surface area (Å²) in [6.07, 6.45) is -1.21. The van der Waals surface area contributed by atoms with Gasteiger partial charge in [-0.25, -0.2) is 0 Å². The first-order valence-electron chi connectivity index (χ1n) is 5.47. The Morgan fingerprint density at radius 3 is 2.00 bits per heavy atom. The highest BCUT2D eigenvalue weighted by Gasteiger charge is 2.45. The van der Waals surface area contributed by atoms with Crippen LogP contribution in [0.25, 0.3) is 0 Å². The van der Waals surface area contributed by atoms with Gasteiger partial charge in [0.25, 0.3) is 0 Å². The molecule has 0 N–H and O–H groups in total. The van der Waals surface area contributed by atoms with Crippen molar-refractivity contribution in [2.24, 2.45) is 5.92 Å². The predicted octanol–water partition coefficient (Wildman–Crippen LogP) is 1.63. The molecule has 98 valence electrons. The van der Waals surface area contributed by atoms with E-state index < -0.39 is 29.2 Å². The Morgan fingerprint density at radius 1 is 1.06 bits per heavy atom. The van der Waals surface area contributed by atoms with E-state index >= 15 is 0 Å². The first-order chi connectivity index (χ1) is 7.82. The Bertz CT molecular complexity index is 306. The molecule has 0 aromatic rings. The minimum Gasteiger partial charge on any atom is -0.458 e. The summed E-state index contributed by atoms with van der Waals surface area (Å²) in [7, 11) is 0. The summed E-state index contributed by atoms with van der Waals surface area (Å²) in [5.41, 5.74) is 0. The van der Waals surface area contributed by atoms with Gasteiger partial charge in [0.05, 0.1) is 6.10 Å². The summed E-state index contributed by atoms with van der Waals surface area (Å²) >= 11 is 3.29. The lowest BCUT2D eigenvalue weighted by atomic mass is 9.92. The minimum absolute atomic E-state index is 0.0444. The number of alkyl halides is 1. The average Bonchev–Trinajstić information content (AvgIpc) is 2.19. The SMILES string of the molecule is CC(=O)O[C@@H]1[C@@H](OC(C)=O)[C@@H](C)[C@@H](C)O[C@@H]1Br. The van der Waals surface area contributed by atoms with Gasteiger partial charge in [0.2, 0.25) is 0 Å². The van der Waals surface area contributed by atoms with Crippen LogP contribution in [0.5, 0.6) is 0 Å². The average molecular weight is 309 g/mol. The van der Waals surface area contributed by atoms with E-state index in [9.17, 15) is 9.59 Å². The van der Waals surface area contributed by atoms with Crippen molar-refractivity contribution in [2.75, 3.05) is 0 Å². The number of hydrogen-bond donors (Lipinski definition) is 0. The fourth-order valence-electron chi connectivity index (χ4n) is 1.80. The Balaban J connectivity index is 2.86. The second-order valence-electron chi connectivity index (χ2n) is 4.20. The second-order valence-corrected chi connectivity index (χ2v) is 5.10. The number of ether oxygens (including phenoxy) is 3. The molecule has 6 heteroatoms. The molecule has 0 aromatic heterocycles. The van der Waals surface area contributed by atoms with Crippen LogP contribution < -0.4 is 0 Å². The monoisotopic (exact) mass is 308 g/mol. The molecule has 0 amide bonds. The van der Waals surface area contributed by atoms with Gasteiger partial charge in [0.1, 0.15) is 6.10 Å². The Labute approximate surface area is 109 Å². The summed E-state index contributed by atoms with van der Waals surface area (Å²) in [5, 5.41) is -0.470. The summed E-state index contributed by atoms with van der Waals surface area (Å²) in [5.74, 6) is -0.869. The molecule has 1 fully saturated rings. The number of carbonyl (C=O) groups is 2. The highest BCUT2D eigenvalue weighted by Crippen LogP contribution is 2.32. The van der Waals surface area contributed by atoms with E-state index in [0.717, 1.165) is 0 Å². The molecule has 1 rings (SSSR count). The fraction of sp³-hybridized carbons (Fsp3) is 0.818. The van der Waals surface area contributed by atoms with Gasteiger partial charge in [-0.15, -0.1) is 0 Å². The maximum absolute atomic E-state index is 11.1. The quantitative estimate of drug-likeness (QED) is 0.573. The largest absolute Gasteiger partial charge is 0.458 e. The number of hydrogen-bond acceptors (Lipinski definition) is 5. The highest BCUT2D eigenvalue weighted by molar-refractivity contribution is 9.09. The summed E-state index contributed by atoms with van der Waals surface area (Å²) in [6.45, 7) is 6.43. The van der Waals surface area contributed by atoms with Crippen LogP contribution in [0.15, 0.2) is 0 Å². The zero-order chi connectivity index (χ0) is 13.2. The first kappa shape index (κ1) is 14.4. The third-order valence-electron chi connectivity index (χ3n) is 2.79. The van der Waals surface area contributed by atoms with Crippen LogP contribution in [0.3, 0.4) is 0 Å². The maximum Gasteiger partial charge on any atom is 0.303 e. The number of carbonyl (C=O) groups excluding carboxylic acids is 2. The van der Waals surface area contributed by atoms with Crippen molar-refractivity contribution in [3.8, 4) is 0 Å². The molecule has 0 aliphatic carbocycles. The predicted molar refractivity (Wildman–Crippen MR) is 63.5 cm³/mol. The van der Waals surface area contributed by atoms with Crippen LogP contribution in [0, 0.1) is 5.92 Å². The minimum atomic E-state index is -0.623. The van der Waals surface area contributed by atoms with Gasteiger partial charge >= 0.3 is 11.9 Å². The van der Waals surface area contributed by atoms with Gasteiger partial charge in [-0.3, -0.25) is 9.59 Å². The van der Waals surface area contributed by atoms with Gasteiger partial charge in [-0.1, -0.05) is 22.9 Å². The van der Waals surface area contributed by atoms with Crippen LogP contribution in [-0.2, 0) is 23.8 Å². The van der Waals surface area contributed by atoms with E-state index in [4.69, 9.17) is 14.2 Å². The zero-order valence-corrected chi connectivity index (χ0v) is 11.9. The molecule has 0 bridgehead atoms. The molecule has 1 aliphatic rings. The van der Waals surface area contributed by atoms with E-state index in [1.165, 1.54) is 13.8 Å². The number of rotatable bonds is 2. The van der Waals surface area contributed by atoms with E-state index in [0.29, 0.717) is 0 Å². The molecule has 5 nitrogen and oxygen atoms in total. The van der Waals surface area contributed by atoms with Crippen molar-refractivity contribution in [1.82, 2.24) is 0 Å². The van der Waals surface area contributed by atoms with Crippen molar-refractivity contribution >= 4 is 27.9 Å². The zero-order valence-electron chi connectivity index (χ0n) is 10.3. The van der Waals surface area contributed by atoms with Crippen molar-refractivity contribution in [3.05, 3.63) is 0 Å². The molecule has 1 aliphatic heterocycles. The molecule has 0 spiro atoms. The van der Waals surface area contributed by atoms with Crippen LogP contribution in [-0.4, -0.2) is 35.3 Å². The van der Waals surface area contributed by atoms with Crippen molar-refractivity contribution < 1.29 is 23.8 Å². The summed E-state index contributed by atoms with van der Waals surface area (Å²) in [6, 6.07) is 0. The third-order valence-corrected chi connectivity index (χ3v) is 3.53. The van der Waals surface area contributed by atoms with Crippen LogP contribution in [0.2, 0.25) is 0 Å². The van der Waals surface area contributed by atoms with Crippen molar-refractivity contribution in [3.63, 3.8) is 0 Å². The van der Waals surface area contributed by atoms with E-state index in [2.05, 4.69) is 15.9 Å². The Kier molecular flexibility index (Phi) is 4.94. The second kappa shape index (κ2) is 5.82. The van der Waals surface area contributed by atoms with Gasteiger partial charge in [0, 0.05) is 19.8 Å². The highest BCUT2D eigenvalue weighted by atomic mass is 79.9. The molecule has 0 unspecified atom stereocenters. The van der Waals surface area contributed by atoms with Crippen LogP contribution in [0.1, 0.15) is 27.7 Å². The fourth-order valence-corrected chi connectivity index (χ4v) is 2.55. The van der Waals surface area contributed by atoms with E-state index in [1.807, 2.05) is 13.8 Å². The molecule has 0 saturated carbocycles. The van der Waals surface area contributed by atoms with E-state index in [1.54, 1.807) is 0 Å². The molecule has 0 radical (unpaired) electrons. The Hall–Kier alpha value is -0.620. The normalized spacial score (nSPS) is 37.4. The van der Waals surface area contributed by atoms with Crippen molar-refractivity contribution in [2.45, 2.75) is 51.0 Å². The molecular formula is C11H17BrO5. The molecule has 17 heavy (non-hydrogen) atoms. The summed E-state index contributed by atoms with van der Waals surface area (Å²) < 4.78 is 16.0. The standard InChI is InChI=1S/C11H17BrO5/c1-5-6(2)15-11(12)10(17-8(4)14)9(5)16-7(3)13/h5-6,9-11H,1-4H3/t5-,6+,9-,10+,11-/m0/s1. The number of halogens is 1. The lowest BCUT2D eigenvalue weighted by Gasteiger charge is -2.41. The number of esters is 2. The smallest absolute Gasteiger partial charge is 0.303 e. The lowest BCUT2D eigenvalue weighted by molar-refractivity contribution is -0.203. The van der Waals surface area contributed by atoms with Gasteiger partial charge in [0.15, 0.2) is 11.1 Å². The topological polar surface area (TPSA) is 61.8 Å². The van der Waals surface area contributed by atoms with Crippen LogP contribution >= 0.6 is 15.9 Å². The maximum atomic E-state index is 11.1. The molecule has 1 saturated heterocycles. The van der Waals surface area contributed by atoms with Crippen molar-refractivity contribution in [1.29, 1.82) is 0 Å². The van der Waals surface area contributed by atoms with Gasteiger partial charge < -0.3 is 14.2 Å². The van der Waals surface area contributed by atoms with Gasteiger partial charge in [-0.05, 0) is 6.92 Å². The molecule has 5 atom stereocenters. The summed E-state index contributed by atoms with van der Waals surface area (Å²) in [4.78, 5) is 22.1. The van der Waals surface area contributed by atoms with E-state index in [-0.39, 0.29) is 12.0 Å². The third kappa shape index (κ3) is 3.67. The Morgan fingerprint density at radius 2 is 1.53 bits per heavy atom. The molecular weight excluding hydrogens is 292 g/mol. The molecule has 0 aromatic carbocycles. The molecule has 1 heterocycles.